The molecule has 0 fully saturated rings. The minimum atomic E-state index is -3.18. The Morgan fingerprint density at radius 1 is 1.15 bits per heavy atom. The minimum Gasteiger partial charge on any atom is -0.236 e. The molecule has 0 aliphatic carbocycles. The Kier molecular flexibility index (Phi) is 2.83. The molecule has 0 radical (unpaired) electrons. The average Bonchev–Trinajstić information content (AvgIpc) is 2.73. The molecular formula is C14H13N3O2S. The van der Waals surface area contributed by atoms with Gasteiger partial charge in [0.15, 0.2) is 15.5 Å². The summed E-state index contributed by atoms with van der Waals surface area (Å²) >= 11 is 0. The first-order valence-electron chi connectivity index (χ1n) is 6.07. The number of hydrogen-bond donors (Lipinski definition) is 0. The number of fused-ring (bicyclic) bond motifs is 1. The Morgan fingerprint density at radius 2 is 1.85 bits per heavy atom. The van der Waals surface area contributed by atoms with Crippen LogP contribution in [0, 0.1) is 6.92 Å². The molecule has 1 aromatic carbocycles. The number of nitrogens with zero attached hydrogens (tertiary/aromatic N) is 3. The van der Waals surface area contributed by atoms with Crippen LogP contribution in [0.4, 0.5) is 0 Å². The Balaban J connectivity index is 2.19. The van der Waals surface area contributed by atoms with Gasteiger partial charge in [0.1, 0.15) is 0 Å². The van der Waals surface area contributed by atoms with E-state index in [-0.39, 0.29) is 0 Å². The summed E-state index contributed by atoms with van der Waals surface area (Å²) < 4.78 is 24.7. The van der Waals surface area contributed by atoms with Gasteiger partial charge in [-0.05, 0) is 30.7 Å². The molecule has 5 nitrogen and oxygen atoms in total. The van der Waals surface area contributed by atoms with Gasteiger partial charge in [-0.2, -0.15) is 5.10 Å². The van der Waals surface area contributed by atoms with E-state index in [9.17, 15) is 8.42 Å². The van der Waals surface area contributed by atoms with Crippen LogP contribution < -0.4 is 0 Å². The van der Waals surface area contributed by atoms with Gasteiger partial charge in [-0.25, -0.2) is 17.9 Å². The molecular weight excluding hydrogens is 274 g/mol. The second-order valence-corrected chi connectivity index (χ2v) is 6.66. The van der Waals surface area contributed by atoms with Gasteiger partial charge >= 0.3 is 0 Å². The summed E-state index contributed by atoms with van der Waals surface area (Å²) in [5.41, 5.74) is 3.45. The SMILES string of the molecule is Cc1nn2cccnc2c1-c1ccc(S(C)(=O)=O)cc1. The van der Waals surface area contributed by atoms with Gasteiger partial charge in [0, 0.05) is 24.2 Å². The zero-order valence-electron chi connectivity index (χ0n) is 11.1. The molecule has 6 heteroatoms. The van der Waals surface area contributed by atoms with Gasteiger partial charge < -0.3 is 0 Å². The predicted octanol–water partition coefficient (Wildman–Crippen LogP) is 2.11. The third-order valence-corrected chi connectivity index (χ3v) is 4.27. The fraction of sp³-hybridized carbons (Fsp3) is 0.143. The number of aromatic nitrogens is 3. The van der Waals surface area contributed by atoms with Gasteiger partial charge in [0.25, 0.3) is 0 Å². The summed E-state index contributed by atoms with van der Waals surface area (Å²) in [5.74, 6) is 0. The summed E-state index contributed by atoms with van der Waals surface area (Å²) in [6.07, 6.45) is 4.75. The largest absolute Gasteiger partial charge is 0.236 e. The first-order valence-corrected chi connectivity index (χ1v) is 7.96. The number of benzene rings is 1. The molecule has 102 valence electrons. The normalized spacial score (nSPS) is 11.9. The first-order chi connectivity index (χ1) is 9.47. The van der Waals surface area contributed by atoms with E-state index in [4.69, 9.17) is 0 Å². The van der Waals surface area contributed by atoms with Crippen molar-refractivity contribution in [1.82, 2.24) is 14.6 Å². The lowest BCUT2D eigenvalue weighted by molar-refractivity contribution is 0.602. The van der Waals surface area contributed by atoms with Crippen molar-refractivity contribution in [3.05, 3.63) is 48.4 Å². The van der Waals surface area contributed by atoms with Gasteiger partial charge in [-0.15, -0.1) is 0 Å². The molecule has 0 aliphatic rings. The molecule has 0 N–H and O–H groups in total. The molecule has 0 atom stereocenters. The minimum absolute atomic E-state index is 0.309. The van der Waals surface area contributed by atoms with Crippen LogP contribution in [0.5, 0.6) is 0 Å². The highest BCUT2D eigenvalue weighted by atomic mass is 32.2. The van der Waals surface area contributed by atoms with Crippen LogP contribution in [-0.4, -0.2) is 29.3 Å². The third-order valence-electron chi connectivity index (χ3n) is 3.14. The van der Waals surface area contributed by atoms with Gasteiger partial charge in [-0.3, -0.25) is 0 Å². The molecule has 0 saturated heterocycles. The molecule has 2 heterocycles. The fourth-order valence-electron chi connectivity index (χ4n) is 2.20. The van der Waals surface area contributed by atoms with Crippen LogP contribution >= 0.6 is 0 Å². The van der Waals surface area contributed by atoms with Crippen LogP contribution in [0.25, 0.3) is 16.8 Å². The summed E-state index contributed by atoms with van der Waals surface area (Å²) in [5, 5.41) is 4.40. The van der Waals surface area contributed by atoms with E-state index in [1.54, 1.807) is 35.0 Å². The highest BCUT2D eigenvalue weighted by Gasteiger charge is 2.13. The topological polar surface area (TPSA) is 64.3 Å². The quantitative estimate of drug-likeness (QED) is 0.724. The zero-order chi connectivity index (χ0) is 14.3. The summed E-state index contributed by atoms with van der Waals surface area (Å²) in [7, 11) is -3.18. The fourth-order valence-corrected chi connectivity index (χ4v) is 2.83. The van der Waals surface area contributed by atoms with E-state index in [0.29, 0.717) is 4.90 Å². The van der Waals surface area contributed by atoms with E-state index < -0.39 is 9.84 Å². The van der Waals surface area contributed by atoms with Crippen molar-refractivity contribution in [2.75, 3.05) is 6.26 Å². The Morgan fingerprint density at radius 3 is 2.50 bits per heavy atom. The van der Waals surface area contributed by atoms with Gasteiger partial charge in [0.2, 0.25) is 0 Å². The molecule has 0 unspecified atom stereocenters. The van der Waals surface area contributed by atoms with Crippen molar-refractivity contribution in [3.8, 4) is 11.1 Å². The lowest BCUT2D eigenvalue weighted by atomic mass is 10.1. The molecule has 2 aromatic heterocycles. The first kappa shape index (κ1) is 12.8. The number of sulfone groups is 1. The Hall–Kier alpha value is -2.21. The zero-order valence-corrected chi connectivity index (χ0v) is 11.9. The number of rotatable bonds is 2. The number of hydrogen-bond acceptors (Lipinski definition) is 4. The van der Waals surface area contributed by atoms with Crippen molar-refractivity contribution in [1.29, 1.82) is 0 Å². The van der Waals surface area contributed by atoms with Crippen molar-refractivity contribution >= 4 is 15.5 Å². The van der Waals surface area contributed by atoms with E-state index in [1.807, 2.05) is 19.2 Å². The summed E-state index contributed by atoms with van der Waals surface area (Å²) in [4.78, 5) is 4.64. The summed E-state index contributed by atoms with van der Waals surface area (Å²) in [6.45, 7) is 1.91. The van der Waals surface area contributed by atoms with E-state index in [2.05, 4.69) is 10.1 Å². The van der Waals surface area contributed by atoms with Crippen molar-refractivity contribution in [2.45, 2.75) is 11.8 Å². The van der Waals surface area contributed by atoms with Crippen LogP contribution in [0.1, 0.15) is 5.69 Å². The maximum atomic E-state index is 11.5. The van der Waals surface area contributed by atoms with Crippen molar-refractivity contribution in [3.63, 3.8) is 0 Å². The van der Waals surface area contributed by atoms with E-state index >= 15 is 0 Å². The predicted molar refractivity (Wildman–Crippen MR) is 76.3 cm³/mol. The molecule has 0 amide bonds. The average molecular weight is 287 g/mol. The molecule has 0 saturated carbocycles. The van der Waals surface area contributed by atoms with E-state index in [1.165, 1.54) is 6.26 Å². The monoisotopic (exact) mass is 287 g/mol. The Labute approximate surface area is 116 Å². The molecule has 0 aliphatic heterocycles. The molecule has 0 spiro atoms. The third kappa shape index (κ3) is 2.08. The molecule has 0 bridgehead atoms. The van der Waals surface area contributed by atoms with Crippen LogP contribution in [0.15, 0.2) is 47.6 Å². The molecule has 20 heavy (non-hydrogen) atoms. The van der Waals surface area contributed by atoms with Crippen molar-refractivity contribution < 1.29 is 8.42 Å². The van der Waals surface area contributed by atoms with Crippen LogP contribution in [-0.2, 0) is 9.84 Å². The highest BCUT2D eigenvalue weighted by molar-refractivity contribution is 7.90. The van der Waals surface area contributed by atoms with Gasteiger partial charge in [-0.1, -0.05) is 12.1 Å². The second kappa shape index (κ2) is 4.42. The molecule has 3 aromatic rings. The summed E-state index contributed by atoms with van der Waals surface area (Å²) in [6, 6.07) is 8.60. The van der Waals surface area contributed by atoms with Crippen LogP contribution in [0.3, 0.4) is 0 Å². The number of aryl methyl sites for hydroxylation is 1. The van der Waals surface area contributed by atoms with Gasteiger partial charge in [0.05, 0.1) is 10.6 Å². The molecule has 3 rings (SSSR count). The second-order valence-electron chi connectivity index (χ2n) is 4.64. The van der Waals surface area contributed by atoms with Crippen LogP contribution in [0.2, 0.25) is 0 Å². The standard InChI is InChI=1S/C14H13N3O2S/c1-10-13(14-15-8-3-9-17(14)16-10)11-4-6-12(7-5-11)20(2,18)19/h3-9H,1-2H3. The lowest BCUT2D eigenvalue weighted by Crippen LogP contribution is -1.96. The Bertz CT molecular complexity index is 880. The smallest absolute Gasteiger partial charge is 0.175 e. The highest BCUT2D eigenvalue weighted by Crippen LogP contribution is 2.27. The maximum Gasteiger partial charge on any atom is 0.175 e. The lowest BCUT2D eigenvalue weighted by Gasteiger charge is -2.02. The maximum absolute atomic E-state index is 11.5. The van der Waals surface area contributed by atoms with Crippen molar-refractivity contribution in [2.24, 2.45) is 0 Å². The van der Waals surface area contributed by atoms with E-state index in [0.717, 1.165) is 22.5 Å².